The lowest BCUT2D eigenvalue weighted by Gasteiger charge is -2.16. The molecule has 144 valence electrons. The van der Waals surface area contributed by atoms with Crippen molar-refractivity contribution in [2.45, 2.75) is 11.8 Å². The van der Waals surface area contributed by atoms with Crippen molar-refractivity contribution in [3.05, 3.63) is 58.1 Å². The standard InChI is InChI=1S/C17H19N3O6S/c1-4-26-15-10-7-13(11-16(15)27(24,25)19(2)3)18-17(21)12-5-8-14(9-6-12)20(22)23/h5-11H,4H2,1-3H3,(H,18,21). The van der Waals surface area contributed by atoms with Gasteiger partial charge in [-0.2, -0.15) is 0 Å². The molecule has 9 nitrogen and oxygen atoms in total. The zero-order valence-corrected chi connectivity index (χ0v) is 15.8. The molecule has 0 aliphatic heterocycles. The summed E-state index contributed by atoms with van der Waals surface area (Å²) in [7, 11) is -0.994. The van der Waals surface area contributed by atoms with Crippen molar-refractivity contribution in [1.29, 1.82) is 0 Å². The third kappa shape index (κ3) is 4.60. The molecule has 2 aromatic rings. The van der Waals surface area contributed by atoms with Crippen molar-refractivity contribution < 1.29 is 22.9 Å². The van der Waals surface area contributed by atoms with Crippen LogP contribution in [0.15, 0.2) is 47.4 Å². The Balaban J connectivity index is 2.33. The molecule has 0 atom stereocenters. The van der Waals surface area contributed by atoms with Crippen LogP contribution in [-0.4, -0.2) is 44.3 Å². The molecule has 10 heteroatoms. The van der Waals surface area contributed by atoms with E-state index in [0.717, 1.165) is 4.31 Å². The van der Waals surface area contributed by atoms with E-state index in [9.17, 15) is 23.3 Å². The van der Waals surface area contributed by atoms with Crippen molar-refractivity contribution >= 4 is 27.3 Å². The van der Waals surface area contributed by atoms with Crippen LogP contribution in [0, 0.1) is 10.1 Å². The fourth-order valence-electron chi connectivity index (χ4n) is 2.20. The topological polar surface area (TPSA) is 119 Å². The number of carbonyl (C=O) groups excluding carboxylic acids is 1. The molecule has 1 amide bonds. The van der Waals surface area contributed by atoms with Gasteiger partial charge in [0.15, 0.2) is 0 Å². The van der Waals surface area contributed by atoms with E-state index in [0.29, 0.717) is 0 Å². The Morgan fingerprint density at radius 2 is 1.81 bits per heavy atom. The van der Waals surface area contributed by atoms with Crippen LogP contribution in [0.5, 0.6) is 5.75 Å². The van der Waals surface area contributed by atoms with Crippen molar-refractivity contribution in [2.24, 2.45) is 0 Å². The number of nitro benzene ring substituents is 1. The molecule has 0 aliphatic rings. The predicted molar refractivity (Wildman–Crippen MR) is 99.5 cm³/mol. The van der Waals surface area contributed by atoms with Gasteiger partial charge >= 0.3 is 0 Å². The molecule has 0 radical (unpaired) electrons. The number of non-ortho nitro benzene ring substituents is 1. The summed E-state index contributed by atoms with van der Waals surface area (Å²) >= 11 is 0. The summed E-state index contributed by atoms with van der Waals surface area (Å²) in [6.07, 6.45) is 0. The van der Waals surface area contributed by atoms with Crippen molar-refractivity contribution in [2.75, 3.05) is 26.0 Å². The fraction of sp³-hybridized carbons (Fsp3) is 0.235. The van der Waals surface area contributed by atoms with Gasteiger partial charge in [-0.3, -0.25) is 14.9 Å². The Hall–Kier alpha value is -2.98. The fourth-order valence-corrected chi connectivity index (χ4v) is 3.25. The lowest BCUT2D eigenvalue weighted by Crippen LogP contribution is -2.23. The van der Waals surface area contributed by atoms with Gasteiger partial charge in [0.2, 0.25) is 10.0 Å². The van der Waals surface area contributed by atoms with Crippen molar-refractivity contribution in [3.63, 3.8) is 0 Å². The van der Waals surface area contributed by atoms with E-state index in [4.69, 9.17) is 4.74 Å². The van der Waals surface area contributed by atoms with Gasteiger partial charge in [-0.25, -0.2) is 12.7 Å². The molecule has 0 fully saturated rings. The molecule has 0 bridgehead atoms. The van der Waals surface area contributed by atoms with E-state index < -0.39 is 20.9 Å². The zero-order valence-electron chi connectivity index (χ0n) is 15.0. The number of hydrogen-bond acceptors (Lipinski definition) is 6. The van der Waals surface area contributed by atoms with E-state index in [1.807, 2.05) is 0 Å². The van der Waals surface area contributed by atoms with E-state index >= 15 is 0 Å². The van der Waals surface area contributed by atoms with Crippen LogP contribution in [-0.2, 0) is 10.0 Å². The Bertz CT molecular complexity index is 955. The minimum Gasteiger partial charge on any atom is -0.492 e. The number of anilines is 1. The number of nitrogens with zero attached hydrogens (tertiary/aromatic N) is 2. The summed E-state index contributed by atoms with van der Waals surface area (Å²) in [4.78, 5) is 22.4. The number of ether oxygens (including phenoxy) is 1. The molecule has 0 aliphatic carbocycles. The molecular weight excluding hydrogens is 374 g/mol. The lowest BCUT2D eigenvalue weighted by atomic mass is 10.2. The third-order valence-electron chi connectivity index (χ3n) is 3.60. The normalized spacial score (nSPS) is 11.3. The summed E-state index contributed by atoms with van der Waals surface area (Å²) in [5.41, 5.74) is 0.320. The second kappa shape index (κ2) is 8.14. The Kier molecular flexibility index (Phi) is 6.13. The molecule has 0 aromatic heterocycles. The van der Waals surface area contributed by atoms with Crippen LogP contribution in [0.2, 0.25) is 0 Å². The molecule has 0 unspecified atom stereocenters. The number of sulfonamides is 1. The largest absolute Gasteiger partial charge is 0.492 e. The maximum absolute atomic E-state index is 12.5. The van der Waals surface area contributed by atoms with E-state index in [1.165, 1.54) is 56.6 Å². The molecule has 27 heavy (non-hydrogen) atoms. The molecule has 1 N–H and O–H groups in total. The minimum absolute atomic E-state index is 0.0733. The first-order valence-electron chi connectivity index (χ1n) is 7.92. The number of hydrogen-bond donors (Lipinski definition) is 1. The Morgan fingerprint density at radius 3 is 2.33 bits per heavy atom. The summed E-state index contributed by atoms with van der Waals surface area (Å²) < 4.78 is 31.4. The highest BCUT2D eigenvalue weighted by atomic mass is 32.2. The first-order chi connectivity index (χ1) is 12.7. The number of rotatable bonds is 7. The van der Waals surface area contributed by atoms with Crippen LogP contribution < -0.4 is 10.1 Å². The van der Waals surface area contributed by atoms with Gasteiger partial charge in [0, 0.05) is 37.5 Å². The van der Waals surface area contributed by atoms with Gasteiger partial charge in [-0.05, 0) is 37.3 Å². The first-order valence-corrected chi connectivity index (χ1v) is 9.36. The maximum atomic E-state index is 12.5. The highest BCUT2D eigenvalue weighted by molar-refractivity contribution is 7.89. The molecule has 2 aromatic carbocycles. The average Bonchev–Trinajstić information content (AvgIpc) is 2.63. The maximum Gasteiger partial charge on any atom is 0.269 e. The number of nitrogens with one attached hydrogen (secondary N) is 1. The van der Waals surface area contributed by atoms with Crippen LogP contribution in [0.1, 0.15) is 17.3 Å². The summed E-state index contributed by atoms with van der Waals surface area (Å²) in [6.45, 7) is 2.01. The highest BCUT2D eigenvalue weighted by Gasteiger charge is 2.23. The predicted octanol–water partition coefficient (Wildman–Crippen LogP) is 2.50. The van der Waals surface area contributed by atoms with Gasteiger partial charge < -0.3 is 10.1 Å². The van der Waals surface area contributed by atoms with Gasteiger partial charge in [0.05, 0.1) is 11.5 Å². The smallest absolute Gasteiger partial charge is 0.269 e. The molecule has 2 rings (SSSR count). The summed E-state index contributed by atoms with van der Waals surface area (Å²) in [6, 6.07) is 9.36. The summed E-state index contributed by atoms with van der Waals surface area (Å²) in [5, 5.41) is 13.3. The van der Waals surface area contributed by atoms with Crippen LogP contribution in [0.25, 0.3) is 0 Å². The zero-order chi connectivity index (χ0) is 20.2. The van der Waals surface area contributed by atoms with E-state index in [-0.39, 0.29) is 34.2 Å². The summed E-state index contributed by atoms with van der Waals surface area (Å²) in [5.74, 6) is -0.346. The number of benzene rings is 2. The number of nitro groups is 1. The molecule has 0 saturated carbocycles. The second-order valence-corrected chi connectivity index (χ2v) is 7.76. The van der Waals surface area contributed by atoms with Gasteiger partial charge in [-0.15, -0.1) is 0 Å². The SMILES string of the molecule is CCOc1ccc(NC(=O)c2ccc([N+](=O)[O-])cc2)cc1S(=O)(=O)N(C)C. The quantitative estimate of drug-likeness (QED) is 0.570. The minimum atomic E-state index is -3.79. The van der Waals surface area contributed by atoms with Crippen molar-refractivity contribution in [1.82, 2.24) is 4.31 Å². The second-order valence-electron chi connectivity index (χ2n) is 5.64. The number of amides is 1. The van der Waals surface area contributed by atoms with Gasteiger partial charge in [-0.1, -0.05) is 0 Å². The third-order valence-corrected chi connectivity index (χ3v) is 5.44. The Labute approximate surface area is 156 Å². The monoisotopic (exact) mass is 393 g/mol. The van der Waals surface area contributed by atoms with Crippen molar-refractivity contribution in [3.8, 4) is 5.75 Å². The van der Waals surface area contributed by atoms with Gasteiger partial charge in [0.25, 0.3) is 11.6 Å². The molecular formula is C17H19N3O6S. The molecule has 0 spiro atoms. The first kappa shape index (κ1) is 20.3. The number of carbonyl (C=O) groups is 1. The molecule has 0 heterocycles. The van der Waals surface area contributed by atoms with E-state index in [1.54, 1.807) is 6.92 Å². The Morgan fingerprint density at radius 1 is 1.19 bits per heavy atom. The van der Waals surface area contributed by atoms with Gasteiger partial charge in [0.1, 0.15) is 10.6 Å². The van der Waals surface area contributed by atoms with Crippen LogP contribution in [0.4, 0.5) is 11.4 Å². The average molecular weight is 393 g/mol. The van der Waals surface area contributed by atoms with Crippen LogP contribution >= 0.6 is 0 Å². The van der Waals surface area contributed by atoms with Crippen LogP contribution in [0.3, 0.4) is 0 Å². The van der Waals surface area contributed by atoms with E-state index in [2.05, 4.69) is 5.32 Å². The molecule has 0 saturated heterocycles. The highest BCUT2D eigenvalue weighted by Crippen LogP contribution is 2.29. The lowest BCUT2D eigenvalue weighted by molar-refractivity contribution is -0.384.